The van der Waals surface area contributed by atoms with Gasteiger partial charge in [-0.2, -0.15) is 10.2 Å². The first-order valence-electron chi connectivity index (χ1n) is 3.27. The molecule has 0 spiro atoms. The second-order valence-corrected chi connectivity index (χ2v) is 2.66. The summed E-state index contributed by atoms with van der Waals surface area (Å²) in [5.74, 6) is 5.75. The highest BCUT2D eigenvalue weighted by molar-refractivity contribution is 7.80. The normalized spacial score (nSPS) is 25.8. The predicted octanol–water partition coefficient (Wildman–Crippen LogP) is -0.588. The number of azo groups is 1. The molecule has 0 fully saturated rings. The van der Waals surface area contributed by atoms with Gasteiger partial charge in [-0.3, -0.25) is 0 Å². The van der Waals surface area contributed by atoms with Crippen molar-refractivity contribution in [2.45, 2.75) is 6.17 Å². The maximum atomic E-state index is 5.23. The highest BCUT2D eigenvalue weighted by Crippen LogP contribution is 2.16. The van der Waals surface area contributed by atoms with Crippen molar-refractivity contribution in [1.29, 1.82) is 0 Å². The van der Waals surface area contributed by atoms with E-state index in [4.69, 9.17) is 18.1 Å². The molecule has 1 atom stereocenters. The molecule has 0 aromatic heterocycles. The standard InChI is InChI=1S/C5H6N6S/c6-10-3-2-1-7-11-4(2)9-5(12)8-3/h1,4H,6H2,(H2,8,9,10,12). The fourth-order valence-corrected chi connectivity index (χ4v) is 1.23. The molecular formula is C5H6N6S. The van der Waals surface area contributed by atoms with Crippen molar-refractivity contribution in [3.8, 4) is 0 Å². The fourth-order valence-electron chi connectivity index (χ4n) is 1.02. The van der Waals surface area contributed by atoms with E-state index in [0.29, 0.717) is 10.9 Å². The Labute approximate surface area is 73.6 Å². The van der Waals surface area contributed by atoms with Crippen LogP contribution in [0.4, 0.5) is 0 Å². The number of aliphatic imine (C=N–C) groups is 1. The summed E-state index contributed by atoms with van der Waals surface area (Å²) in [7, 11) is 0. The topological polar surface area (TPSA) is 87.2 Å². The zero-order valence-corrected chi connectivity index (χ0v) is 6.80. The Balaban J connectivity index is 2.37. The van der Waals surface area contributed by atoms with Crippen LogP contribution >= 0.6 is 12.2 Å². The van der Waals surface area contributed by atoms with Gasteiger partial charge in [0, 0.05) is 0 Å². The summed E-state index contributed by atoms with van der Waals surface area (Å²) in [6.45, 7) is 0. The maximum Gasteiger partial charge on any atom is 0.196 e. The van der Waals surface area contributed by atoms with E-state index < -0.39 is 0 Å². The Hall–Kier alpha value is -1.34. The molecule has 0 saturated heterocycles. The minimum absolute atomic E-state index is 0.221. The van der Waals surface area contributed by atoms with E-state index >= 15 is 0 Å². The highest BCUT2D eigenvalue weighted by atomic mass is 32.1. The summed E-state index contributed by atoms with van der Waals surface area (Å²) in [5, 5.41) is 10.8. The zero-order chi connectivity index (χ0) is 8.55. The molecule has 2 rings (SSSR count). The van der Waals surface area contributed by atoms with Crippen LogP contribution in [0.2, 0.25) is 0 Å². The molecular weight excluding hydrogens is 176 g/mol. The van der Waals surface area contributed by atoms with E-state index in [0.717, 1.165) is 5.57 Å². The molecule has 0 amide bonds. The molecule has 0 aromatic carbocycles. The van der Waals surface area contributed by atoms with E-state index in [1.807, 2.05) is 0 Å². The second kappa shape index (κ2) is 2.61. The van der Waals surface area contributed by atoms with Crippen LogP contribution in [0.1, 0.15) is 0 Å². The summed E-state index contributed by atoms with van der Waals surface area (Å²) in [6, 6.07) is 0. The molecule has 0 saturated carbocycles. The Morgan fingerprint density at radius 3 is 3.25 bits per heavy atom. The van der Waals surface area contributed by atoms with Crippen LogP contribution in [-0.4, -0.2) is 17.1 Å². The molecule has 0 aliphatic carbocycles. The lowest BCUT2D eigenvalue weighted by Gasteiger charge is -2.19. The number of nitrogens with two attached hydrogens (primary N) is 1. The van der Waals surface area contributed by atoms with E-state index in [1.165, 1.54) is 0 Å². The van der Waals surface area contributed by atoms with Crippen molar-refractivity contribution in [1.82, 2.24) is 10.7 Å². The average Bonchev–Trinajstić information content (AvgIpc) is 2.50. The van der Waals surface area contributed by atoms with Crippen LogP contribution in [0.3, 0.4) is 0 Å². The van der Waals surface area contributed by atoms with Gasteiger partial charge in [-0.1, -0.05) is 0 Å². The predicted molar refractivity (Wildman–Crippen MR) is 47.2 cm³/mol. The first-order chi connectivity index (χ1) is 5.81. The molecule has 0 radical (unpaired) electrons. The summed E-state index contributed by atoms with van der Waals surface area (Å²) in [4.78, 5) is 3.96. The van der Waals surface area contributed by atoms with Crippen molar-refractivity contribution in [3.63, 3.8) is 0 Å². The van der Waals surface area contributed by atoms with Gasteiger partial charge in [0.15, 0.2) is 17.1 Å². The number of rotatable bonds is 0. The molecule has 2 aliphatic rings. The third kappa shape index (κ3) is 0.990. The number of nitrogens with zero attached hydrogens (tertiary/aromatic N) is 3. The molecule has 1 unspecified atom stereocenters. The first kappa shape index (κ1) is 7.32. The van der Waals surface area contributed by atoms with Gasteiger partial charge in [-0.15, -0.1) is 0 Å². The number of hydrogen-bond donors (Lipinski definition) is 3. The van der Waals surface area contributed by atoms with Gasteiger partial charge in [0.25, 0.3) is 0 Å². The largest absolute Gasteiger partial charge is 0.334 e. The molecule has 62 valence electrons. The average molecular weight is 182 g/mol. The van der Waals surface area contributed by atoms with Crippen molar-refractivity contribution < 1.29 is 0 Å². The van der Waals surface area contributed by atoms with Crippen LogP contribution in [0, 0.1) is 0 Å². The summed E-state index contributed by atoms with van der Waals surface area (Å²) in [5.41, 5.74) is 3.25. The molecule has 2 heterocycles. The number of hydrogen-bond acceptors (Lipinski definition) is 5. The van der Waals surface area contributed by atoms with E-state index in [9.17, 15) is 0 Å². The minimum atomic E-state index is -0.221. The number of fused-ring (bicyclic) bond motifs is 1. The Kier molecular flexibility index (Phi) is 1.59. The molecule has 2 aliphatic heterocycles. The first-order valence-corrected chi connectivity index (χ1v) is 3.68. The Morgan fingerprint density at radius 2 is 2.50 bits per heavy atom. The molecule has 0 bridgehead atoms. The third-order valence-corrected chi connectivity index (χ3v) is 1.77. The molecule has 12 heavy (non-hydrogen) atoms. The minimum Gasteiger partial charge on any atom is -0.334 e. The Morgan fingerprint density at radius 1 is 1.67 bits per heavy atom. The van der Waals surface area contributed by atoms with E-state index in [2.05, 4.69) is 26.0 Å². The molecule has 7 heteroatoms. The summed E-state index contributed by atoms with van der Waals surface area (Å²) >= 11 is 4.85. The third-order valence-electron chi connectivity index (χ3n) is 1.56. The summed E-state index contributed by atoms with van der Waals surface area (Å²) in [6.07, 6.45) is 1.37. The number of amidine groups is 1. The number of nitrogens with one attached hydrogen (secondary N) is 2. The SMILES string of the molecule is NNC1=NC(=S)NC2N=NC=C12. The molecule has 0 aromatic rings. The van der Waals surface area contributed by atoms with Crippen LogP contribution in [0.15, 0.2) is 27.0 Å². The summed E-state index contributed by atoms with van der Waals surface area (Å²) < 4.78 is 0. The van der Waals surface area contributed by atoms with Gasteiger partial charge < -0.3 is 10.7 Å². The number of thiocarbonyl (C=S) groups is 1. The van der Waals surface area contributed by atoms with Crippen LogP contribution in [-0.2, 0) is 0 Å². The second-order valence-electron chi connectivity index (χ2n) is 2.27. The van der Waals surface area contributed by atoms with Crippen molar-refractivity contribution in [2.24, 2.45) is 21.1 Å². The zero-order valence-electron chi connectivity index (χ0n) is 5.98. The fraction of sp³-hybridized carbons (Fsp3) is 0.200. The van der Waals surface area contributed by atoms with Gasteiger partial charge in [0.2, 0.25) is 0 Å². The van der Waals surface area contributed by atoms with E-state index in [-0.39, 0.29) is 6.17 Å². The van der Waals surface area contributed by atoms with Gasteiger partial charge in [-0.05, 0) is 12.2 Å². The van der Waals surface area contributed by atoms with Gasteiger partial charge in [0.1, 0.15) is 0 Å². The van der Waals surface area contributed by atoms with Crippen LogP contribution in [0.5, 0.6) is 0 Å². The smallest absolute Gasteiger partial charge is 0.196 e. The van der Waals surface area contributed by atoms with Crippen molar-refractivity contribution in [2.75, 3.05) is 0 Å². The van der Waals surface area contributed by atoms with Crippen LogP contribution in [0.25, 0.3) is 0 Å². The van der Waals surface area contributed by atoms with Gasteiger partial charge in [-0.25, -0.2) is 10.8 Å². The monoisotopic (exact) mass is 182 g/mol. The molecule has 6 nitrogen and oxygen atoms in total. The highest BCUT2D eigenvalue weighted by Gasteiger charge is 2.26. The molecule has 4 N–H and O–H groups in total. The van der Waals surface area contributed by atoms with Gasteiger partial charge in [0.05, 0.1) is 11.8 Å². The lowest BCUT2D eigenvalue weighted by molar-refractivity contribution is 0.724. The quantitative estimate of drug-likeness (QED) is 0.265. The van der Waals surface area contributed by atoms with Crippen LogP contribution < -0.4 is 16.6 Å². The lowest BCUT2D eigenvalue weighted by atomic mass is 10.2. The van der Waals surface area contributed by atoms with E-state index in [1.54, 1.807) is 6.20 Å². The van der Waals surface area contributed by atoms with Crippen molar-refractivity contribution in [3.05, 3.63) is 11.8 Å². The lowest BCUT2D eigenvalue weighted by Crippen LogP contribution is -2.45. The van der Waals surface area contributed by atoms with Gasteiger partial charge >= 0.3 is 0 Å². The Bertz CT molecular complexity index is 316. The van der Waals surface area contributed by atoms with Crippen molar-refractivity contribution >= 4 is 23.2 Å². The number of hydrazine groups is 1. The maximum absolute atomic E-state index is 5.23.